The van der Waals surface area contributed by atoms with E-state index < -0.39 is 26.3 Å². The average Bonchev–Trinajstić information content (AvgIpc) is 2.45. The van der Waals surface area contributed by atoms with E-state index in [-0.39, 0.29) is 24.1 Å². The maximum atomic E-state index is 12.6. The van der Waals surface area contributed by atoms with Crippen LogP contribution >= 0.6 is 0 Å². The molecule has 0 unspecified atom stereocenters. The van der Waals surface area contributed by atoms with E-state index in [4.69, 9.17) is 11.0 Å². The highest BCUT2D eigenvalue weighted by Gasteiger charge is 2.09. The Bertz CT molecular complexity index is 782. The van der Waals surface area contributed by atoms with Crippen molar-refractivity contribution in [1.29, 1.82) is 0 Å². The highest BCUT2D eigenvalue weighted by atomic mass is 16.1. The van der Waals surface area contributed by atoms with Crippen molar-refractivity contribution in [2.45, 2.75) is 6.42 Å². The second-order valence-corrected chi connectivity index (χ2v) is 3.70. The molecule has 2 nitrogen and oxygen atoms in total. The molecule has 17 heavy (non-hydrogen) atoms. The van der Waals surface area contributed by atoms with Gasteiger partial charge in [0.1, 0.15) is 0 Å². The number of nitrogens with zero attached hydrogens (tertiary/aromatic N) is 1. The molecule has 0 atom stereocenters. The molecular formula is C15H17NO. The largest absolute Gasteiger partial charge is 0.309 e. The first-order valence-electron chi connectivity index (χ1n) is 9.23. The summed E-state index contributed by atoms with van der Waals surface area (Å²) in [5.41, 5.74) is 0.0131. The average molecular weight is 235 g/mol. The maximum absolute atomic E-state index is 12.6. The van der Waals surface area contributed by atoms with Crippen molar-refractivity contribution in [3.05, 3.63) is 48.0 Å². The minimum Gasteiger partial charge on any atom is -0.309 e. The van der Waals surface area contributed by atoms with Crippen molar-refractivity contribution in [3.63, 3.8) is 0 Å². The van der Waals surface area contributed by atoms with Crippen LogP contribution in [0, 0.1) is 0 Å². The molecule has 0 heterocycles. The van der Waals surface area contributed by atoms with Gasteiger partial charge in [-0.1, -0.05) is 42.4 Å². The van der Waals surface area contributed by atoms with Crippen molar-refractivity contribution in [1.82, 2.24) is 4.90 Å². The van der Waals surface area contributed by atoms with Gasteiger partial charge in [0.05, 0.1) is 2.74 Å². The van der Waals surface area contributed by atoms with Gasteiger partial charge in [-0.15, -0.1) is 0 Å². The van der Waals surface area contributed by atoms with Crippen LogP contribution in [0.5, 0.6) is 0 Å². The molecule has 0 saturated carbocycles. The van der Waals surface area contributed by atoms with Crippen LogP contribution in [0.2, 0.25) is 0 Å². The standard InChI is InChI=1S/C15H17NO/c1-16(2)11-10-15(17)14-9-5-7-12-6-3-4-8-13(12)14/h3-9H,10-11H2,1-2H3/i1D3,2D3,5D,9D. The van der Waals surface area contributed by atoms with Gasteiger partial charge >= 0.3 is 0 Å². The van der Waals surface area contributed by atoms with Crippen LogP contribution in [-0.2, 0) is 0 Å². The molecule has 2 heteroatoms. The smallest absolute Gasteiger partial charge is 0.164 e. The first kappa shape index (κ1) is 5.32. The fourth-order valence-electron chi connectivity index (χ4n) is 1.66. The zero-order valence-corrected chi connectivity index (χ0v) is 9.16. The minimum absolute atomic E-state index is 0.0131. The Balaban J connectivity index is 2.36. The zero-order chi connectivity index (χ0) is 19.0. The predicted octanol–water partition coefficient (Wildman–Crippen LogP) is 2.97. The summed E-state index contributed by atoms with van der Waals surface area (Å²) in [6.45, 7) is -6.23. The molecule has 0 aliphatic heterocycles. The quantitative estimate of drug-likeness (QED) is 0.759. The fourth-order valence-corrected chi connectivity index (χ4v) is 1.66. The lowest BCUT2D eigenvalue weighted by atomic mass is 10.00. The molecule has 2 aromatic rings. The summed E-state index contributed by atoms with van der Waals surface area (Å²) in [5, 5.41) is 1.11. The van der Waals surface area contributed by atoms with Crippen LogP contribution in [0.3, 0.4) is 0 Å². The molecule has 2 aromatic carbocycles. The first-order chi connectivity index (χ1) is 11.4. The van der Waals surface area contributed by atoms with Crippen molar-refractivity contribution in [3.8, 4) is 0 Å². The number of benzene rings is 2. The predicted molar refractivity (Wildman–Crippen MR) is 71.4 cm³/mol. The van der Waals surface area contributed by atoms with Crippen molar-refractivity contribution >= 4 is 16.6 Å². The van der Waals surface area contributed by atoms with Crippen molar-refractivity contribution in [2.24, 2.45) is 0 Å². The molecule has 0 amide bonds. The van der Waals surface area contributed by atoms with Gasteiger partial charge in [0.25, 0.3) is 0 Å². The molecule has 88 valence electrons. The monoisotopic (exact) mass is 235 g/mol. The molecule has 0 aliphatic rings. The highest BCUT2D eigenvalue weighted by Crippen LogP contribution is 2.19. The van der Waals surface area contributed by atoms with Gasteiger partial charge in [0.2, 0.25) is 0 Å². The van der Waals surface area contributed by atoms with E-state index in [1.165, 1.54) is 6.07 Å². The van der Waals surface area contributed by atoms with Crippen molar-refractivity contribution < 1.29 is 15.8 Å². The molecule has 0 aromatic heterocycles. The maximum Gasteiger partial charge on any atom is 0.164 e. The molecule has 0 N–H and O–H groups in total. The molecule has 0 fully saturated rings. The number of hydrogen-bond acceptors (Lipinski definition) is 2. The normalized spacial score (nSPS) is 19.4. The van der Waals surface area contributed by atoms with E-state index in [0.717, 1.165) is 0 Å². The Kier molecular flexibility index (Phi) is 1.60. The zero-order valence-electron chi connectivity index (χ0n) is 17.2. The van der Waals surface area contributed by atoms with E-state index in [1.54, 1.807) is 24.3 Å². The SMILES string of the molecule is [2H]c1cc2ccccc2c(C(=O)CCN(C([2H])([2H])[2H])C([2H])([2H])[2H])c1[2H]. The number of hydrogen-bond donors (Lipinski definition) is 0. The first-order valence-corrected chi connectivity index (χ1v) is 5.23. The van der Waals surface area contributed by atoms with Crippen LogP contribution in [0.25, 0.3) is 10.8 Å². The van der Waals surface area contributed by atoms with Crippen LogP contribution < -0.4 is 0 Å². The van der Waals surface area contributed by atoms with E-state index in [2.05, 4.69) is 0 Å². The summed E-state index contributed by atoms with van der Waals surface area (Å²) in [5.74, 6) is -0.561. The Morgan fingerprint density at radius 1 is 1.35 bits per heavy atom. The van der Waals surface area contributed by atoms with Crippen LogP contribution in [0.4, 0.5) is 0 Å². The number of carbonyl (C=O) groups excluding carboxylic acids is 1. The summed E-state index contributed by atoms with van der Waals surface area (Å²) in [6, 6.07) is 7.89. The van der Waals surface area contributed by atoms with Gasteiger partial charge in [-0.3, -0.25) is 4.79 Å². The lowest BCUT2D eigenvalue weighted by Gasteiger charge is -2.09. The van der Waals surface area contributed by atoms with Gasteiger partial charge < -0.3 is 4.90 Å². The molecule has 0 saturated heterocycles. The summed E-state index contributed by atoms with van der Waals surface area (Å²) in [7, 11) is 0. The summed E-state index contributed by atoms with van der Waals surface area (Å²) < 4.78 is 59.7. The van der Waals surface area contributed by atoms with Gasteiger partial charge in [0, 0.05) is 26.8 Å². The Morgan fingerprint density at radius 2 is 2.18 bits per heavy atom. The second-order valence-electron chi connectivity index (χ2n) is 3.70. The fraction of sp³-hybridized carbons (Fsp3) is 0.267. The van der Waals surface area contributed by atoms with Crippen LogP contribution in [-0.4, -0.2) is 31.2 Å². The number of rotatable bonds is 4. The number of ketones is 1. The van der Waals surface area contributed by atoms with Crippen LogP contribution in [0.15, 0.2) is 42.4 Å². The minimum atomic E-state index is -2.87. The van der Waals surface area contributed by atoms with Crippen molar-refractivity contribution in [2.75, 3.05) is 20.5 Å². The topological polar surface area (TPSA) is 20.3 Å². The number of Topliss-reactive ketones (excluding diaryl/α,β-unsaturated/α-hetero) is 1. The molecule has 0 bridgehead atoms. The van der Waals surface area contributed by atoms with Gasteiger partial charge in [-0.2, -0.15) is 0 Å². The Labute approximate surface area is 113 Å². The van der Waals surface area contributed by atoms with Gasteiger partial charge in [0.15, 0.2) is 5.78 Å². The number of carbonyl (C=O) groups is 1. The molecular weight excluding hydrogens is 210 g/mol. The van der Waals surface area contributed by atoms with E-state index >= 15 is 0 Å². The second kappa shape index (κ2) is 5.11. The lowest BCUT2D eigenvalue weighted by molar-refractivity contribution is 0.0974. The van der Waals surface area contributed by atoms with E-state index in [0.29, 0.717) is 15.7 Å². The number of fused-ring (bicyclic) bond motifs is 1. The van der Waals surface area contributed by atoms with Crippen LogP contribution in [0.1, 0.15) is 27.7 Å². The molecule has 2 rings (SSSR count). The summed E-state index contributed by atoms with van der Waals surface area (Å²) in [4.78, 5) is 12.9. The Morgan fingerprint density at radius 3 is 3.00 bits per heavy atom. The third-order valence-electron chi connectivity index (χ3n) is 2.50. The third kappa shape index (κ3) is 2.71. The summed E-state index contributed by atoms with van der Waals surface area (Å²) >= 11 is 0. The molecule has 0 spiro atoms. The third-order valence-corrected chi connectivity index (χ3v) is 2.50. The lowest BCUT2D eigenvalue weighted by Crippen LogP contribution is -2.16. The van der Waals surface area contributed by atoms with E-state index in [1.807, 2.05) is 0 Å². The van der Waals surface area contributed by atoms with Gasteiger partial charge in [-0.25, -0.2) is 0 Å². The summed E-state index contributed by atoms with van der Waals surface area (Å²) in [6.07, 6.45) is -0.379. The molecule has 0 radical (unpaired) electrons. The van der Waals surface area contributed by atoms with E-state index in [9.17, 15) is 4.79 Å². The Hall–Kier alpha value is -1.67. The van der Waals surface area contributed by atoms with Gasteiger partial charge in [-0.05, 0) is 24.7 Å². The highest BCUT2D eigenvalue weighted by molar-refractivity contribution is 6.08. The molecule has 0 aliphatic carbocycles.